The van der Waals surface area contributed by atoms with E-state index >= 15 is 0 Å². The number of aromatic nitrogens is 1. The maximum atomic E-state index is 11.8. The van der Waals surface area contributed by atoms with E-state index in [0.29, 0.717) is 6.42 Å². The number of Topliss-reactive ketones (excluding diaryl/α,β-unsaturated/α-hetero) is 1. The van der Waals surface area contributed by atoms with Gasteiger partial charge in [-0.1, -0.05) is 6.07 Å². The van der Waals surface area contributed by atoms with Crippen LogP contribution >= 0.6 is 22.7 Å². The van der Waals surface area contributed by atoms with Gasteiger partial charge in [-0.05, 0) is 25.3 Å². The van der Waals surface area contributed by atoms with Crippen molar-refractivity contribution in [1.29, 1.82) is 0 Å². The standard InChI is InChI=1S/C11H11NOS2/c1-7-8(2)15-11(12-7)6-9(13)10-4-3-5-14-10/h3-5H,6H2,1-2H3. The Balaban J connectivity index is 2.13. The van der Waals surface area contributed by atoms with Crippen LogP contribution in [0.2, 0.25) is 0 Å². The van der Waals surface area contributed by atoms with Crippen LogP contribution in [-0.2, 0) is 6.42 Å². The van der Waals surface area contributed by atoms with Gasteiger partial charge in [-0.15, -0.1) is 22.7 Å². The number of thiophene rings is 1. The van der Waals surface area contributed by atoms with Gasteiger partial charge in [0.15, 0.2) is 5.78 Å². The summed E-state index contributed by atoms with van der Waals surface area (Å²) in [5, 5.41) is 2.84. The molecule has 0 saturated heterocycles. The maximum Gasteiger partial charge on any atom is 0.179 e. The fraction of sp³-hybridized carbons (Fsp3) is 0.273. The molecule has 0 amide bonds. The van der Waals surface area contributed by atoms with Crippen LogP contribution in [0.5, 0.6) is 0 Å². The minimum absolute atomic E-state index is 0.166. The first kappa shape index (κ1) is 10.5. The van der Waals surface area contributed by atoms with Gasteiger partial charge < -0.3 is 0 Å². The molecule has 2 aromatic rings. The van der Waals surface area contributed by atoms with Crippen molar-refractivity contribution in [3.8, 4) is 0 Å². The first-order valence-corrected chi connectivity index (χ1v) is 6.36. The molecule has 0 aliphatic rings. The van der Waals surface area contributed by atoms with E-state index < -0.39 is 0 Å². The highest BCUT2D eigenvalue weighted by molar-refractivity contribution is 7.13. The Labute approximate surface area is 96.6 Å². The molecule has 15 heavy (non-hydrogen) atoms. The topological polar surface area (TPSA) is 30.0 Å². The summed E-state index contributed by atoms with van der Waals surface area (Å²) in [5.74, 6) is 0.166. The van der Waals surface area contributed by atoms with Crippen molar-refractivity contribution in [2.75, 3.05) is 0 Å². The molecule has 0 atom stereocenters. The second-order valence-corrected chi connectivity index (χ2v) is 5.56. The van der Waals surface area contributed by atoms with E-state index in [4.69, 9.17) is 0 Å². The Morgan fingerprint density at radius 1 is 1.47 bits per heavy atom. The number of hydrogen-bond donors (Lipinski definition) is 0. The molecule has 2 aromatic heterocycles. The summed E-state index contributed by atoms with van der Waals surface area (Å²) in [6.07, 6.45) is 0.430. The number of hydrogen-bond acceptors (Lipinski definition) is 4. The molecule has 0 unspecified atom stereocenters. The van der Waals surface area contributed by atoms with Crippen LogP contribution in [-0.4, -0.2) is 10.8 Å². The summed E-state index contributed by atoms with van der Waals surface area (Å²) in [5.41, 5.74) is 1.04. The number of carbonyl (C=O) groups is 1. The number of thiazole rings is 1. The molecule has 0 aromatic carbocycles. The highest BCUT2D eigenvalue weighted by atomic mass is 32.1. The highest BCUT2D eigenvalue weighted by Crippen LogP contribution is 2.19. The van der Waals surface area contributed by atoms with Crippen LogP contribution in [0.4, 0.5) is 0 Å². The third-order valence-corrected chi connectivity index (χ3v) is 4.16. The van der Waals surface area contributed by atoms with Crippen molar-refractivity contribution in [2.45, 2.75) is 20.3 Å². The van der Waals surface area contributed by atoms with Gasteiger partial charge in [-0.25, -0.2) is 4.98 Å². The summed E-state index contributed by atoms with van der Waals surface area (Å²) >= 11 is 3.10. The summed E-state index contributed by atoms with van der Waals surface area (Å²) in [6.45, 7) is 4.01. The van der Waals surface area contributed by atoms with Crippen molar-refractivity contribution in [3.05, 3.63) is 38.0 Å². The second kappa shape index (κ2) is 4.24. The Morgan fingerprint density at radius 2 is 2.27 bits per heavy atom. The first-order valence-electron chi connectivity index (χ1n) is 4.66. The molecule has 0 bridgehead atoms. The third kappa shape index (κ3) is 2.33. The van der Waals surface area contributed by atoms with E-state index in [9.17, 15) is 4.79 Å². The Morgan fingerprint density at radius 3 is 2.80 bits per heavy atom. The van der Waals surface area contributed by atoms with Crippen LogP contribution in [0.1, 0.15) is 25.3 Å². The predicted molar refractivity (Wildman–Crippen MR) is 63.9 cm³/mol. The van der Waals surface area contributed by atoms with Gasteiger partial charge in [0.1, 0.15) is 5.01 Å². The second-order valence-electron chi connectivity index (χ2n) is 3.33. The zero-order valence-electron chi connectivity index (χ0n) is 8.61. The number of rotatable bonds is 3. The van der Waals surface area contributed by atoms with Crippen molar-refractivity contribution < 1.29 is 4.79 Å². The minimum atomic E-state index is 0.166. The van der Waals surface area contributed by atoms with Crippen molar-refractivity contribution in [3.63, 3.8) is 0 Å². The molecule has 2 heterocycles. The fourth-order valence-corrected chi connectivity index (χ4v) is 2.87. The molecular formula is C11H11NOS2. The van der Waals surface area contributed by atoms with Crippen molar-refractivity contribution in [2.24, 2.45) is 0 Å². The largest absolute Gasteiger partial charge is 0.293 e. The van der Waals surface area contributed by atoms with Crippen LogP contribution in [0.15, 0.2) is 17.5 Å². The predicted octanol–water partition coefficient (Wildman–Crippen LogP) is 3.25. The molecule has 0 saturated carbocycles. The van der Waals surface area contributed by atoms with Gasteiger partial charge in [0.2, 0.25) is 0 Å². The molecule has 0 N–H and O–H groups in total. The molecular weight excluding hydrogens is 226 g/mol. The molecule has 0 aliphatic heterocycles. The summed E-state index contributed by atoms with van der Waals surface area (Å²) in [7, 11) is 0. The van der Waals surface area contributed by atoms with E-state index in [1.165, 1.54) is 16.2 Å². The minimum Gasteiger partial charge on any atom is -0.293 e. The quantitative estimate of drug-likeness (QED) is 0.767. The van der Waals surface area contributed by atoms with Gasteiger partial charge >= 0.3 is 0 Å². The van der Waals surface area contributed by atoms with Crippen molar-refractivity contribution >= 4 is 28.5 Å². The molecule has 4 heteroatoms. The van der Waals surface area contributed by atoms with E-state index in [1.807, 2.05) is 31.4 Å². The summed E-state index contributed by atoms with van der Waals surface area (Å²) in [6, 6.07) is 3.76. The lowest BCUT2D eigenvalue weighted by Gasteiger charge is -1.92. The van der Waals surface area contributed by atoms with E-state index in [2.05, 4.69) is 4.98 Å². The smallest absolute Gasteiger partial charge is 0.179 e. The Hall–Kier alpha value is -1.00. The van der Waals surface area contributed by atoms with Crippen LogP contribution in [0, 0.1) is 13.8 Å². The Bertz CT molecular complexity index is 451. The molecule has 0 spiro atoms. The summed E-state index contributed by atoms with van der Waals surface area (Å²) in [4.78, 5) is 18.2. The van der Waals surface area contributed by atoms with Gasteiger partial charge in [0.05, 0.1) is 17.0 Å². The molecule has 0 aliphatic carbocycles. The molecule has 0 radical (unpaired) electrons. The monoisotopic (exact) mass is 237 g/mol. The first-order chi connectivity index (χ1) is 7.16. The average molecular weight is 237 g/mol. The van der Waals surface area contributed by atoms with Gasteiger partial charge in [0.25, 0.3) is 0 Å². The lowest BCUT2D eigenvalue weighted by molar-refractivity contribution is 0.0997. The zero-order valence-corrected chi connectivity index (χ0v) is 10.2. The molecule has 2 nitrogen and oxygen atoms in total. The molecule has 2 rings (SSSR count). The maximum absolute atomic E-state index is 11.8. The molecule has 0 fully saturated rings. The summed E-state index contributed by atoms with van der Waals surface area (Å²) < 4.78 is 0. The van der Waals surface area contributed by atoms with E-state index in [1.54, 1.807) is 11.3 Å². The van der Waals surface area contributed by atoms with Gasteiger partial charge in [0, 0.05) is 4.88 Å². The SMILES string of the molecule is Cc1nc(CC(=O)c2cccs2)sc1C. The van der Waals surface area contributed by atoms with Gasteiger partial charge in [-0.3, -0.25) is 4.79 Å². The highest BCUT2D eigenvalue weighted by Gasteiger charge is 2.11. The lowest BCUT2D eigenvalue weighted by atomic mass is 10.2. The normalized spacial score (nSPS) is 10.5. The zero-order chi connectivity index (χ0) is 10.8. The van der Waals surface area contributed by atoms with Crippen molar-refractivity contribution in [1.82, 2.24) is 4.98 Å². The number of ketones is 1. The van der Waals surface area contributed by atoms with E-state index in [0.717, 1.165) is 15.6 Å². The number of carbonyl (C=O) groups excluding carboxylic acids is 1. The third-order valence-electron chi connectivity index (χ3n) is 2.18. The fourth-order valence-electron chi connectivity index (χ4n) is 1.28. The van der Waals surface area contributed by atoms with Crippen LogP contribution < -0.4 is 0 Å². The number of aryl methyl sites for hydroxylation is 2. The van der Waals surface area contributed by atoms with Crippen LogP contribution in [0.3, 0.4) is 0 Å². The van der Waals surface area contributed by atoms with E-state index in [-0.39, 0.29) is 5.78 Å². The Kier molecular flexibility index (Phi) is 2.98. The lowest BCUT2D eigenvalue weighted by Crippen LogP contribution is -2.00. The average Bonchev–Trinajstić information content (AvgIpc) is 2.77. The van der Waals surface area contributed by atoms with Crippen LogP contribution in [0.25, 0.3) is 0 Å². The van der Waals surface area contributed by atoms with Gasteiger partial charge in [-0.2, -0.15) is 0 Å². The molecule has 78 valence electrons. The number of nitrogens with zero attached hydrogens (tertiary/aromatic N) is 1.